The molecule has 1 atom stereocenters. The number of aliphatic hydroxyl groups is 1. The fraction of sp³-hybridized carbons (Fsp3) is 0.333. The summed E-state index contributed by atoms with van der Waals surface area (Å²) >= 11 is 5.89. The number of nitrogens with two attached hydrogens (primary N) is 1. The summed E-state index contributed by atoms with van der Waals surface area (Å²) in [5.41, 5.74) is 6.23. The van der Waals surface area contributed by atoms with Gasteiger partial charge >= 0.3 is 0 Å². The van der Waals surface area contributed by atoms with E-state index in [4.69, 9.17) is 22.4 Å². The quantitative estimate of drug-likeness (QED) is 0.702. The van der Waals surface area contributed by atoms with Gasteiger partial charge in [0.2, 0.25) is 0 Å². The highest BCUT2D eigenvalue weighted by Gasteiger charge is 2.00. The highest BCUT2D eigenvalue weighted by Crippen LogP contribution is 2.16. The van der Waals surface area contributed by atoms with Crippen molar-refractivity contribution in [2.75, 3.05) is 0 Å². The van der Waals surface area contributed by atoms with Crippen LogP contribution in [0.15, 0.2) is 24.3 Å². The first-order valence-corrected chi connectivity index (χ1v) is 4.25. The first-order chi connectivity index (χ1) is 5.70. The van der Waals surface area contributed by atoms with Gasteiger partial charge in [-0.05, 0) is 24.5 Å². The molecule has 66 valence electrons. The number of hydrogen-bond acceptors (Lipinski definition) is 2. The summed E-state index contributed by atoms with van der Waals surface area (Å²) in [5, 5.41) is 9.57. The van der Waals surface area contributed by atoms with Crippen LogP contribution >= 0.6 is 11.6 Å². The Morgan fingerprint density at radius 2 is 2.08 bits per heavy atom. The highest BCUT2D eigenvalue weighted by atomic mass is 35.5. The lowest BCUT2D eigenvalue weighted by Gasteiger charge is -2.05. The molecule has 1 aromatic carbocycles. The van der Waals surface area contributed by atoms with E-state index in [2.05, 4.69) is 0 Å². The van der Waals surface area contributed by atoms with E-state index in [-0.39, 0.29) is 0 Å². The molecular formula is C9H12ClNO. The van der Waals surface area contributed by atoms with Gasteiger partial charge in [0.15, 0.2) is 0 Å². The first kappa shape index (κ1) is 9.52. The second-order valence-electron chi connectivity index (χ2n) is 2.70. The Morgan fingerprint density at radius 3 is 2.67 bits per heavy atom. The van der Waals surface area contributed by atoms with Crippen LogP contribution < -0.4 is 5.73 Å². The van der Waals surface area contributed by atoms with Crippen molar-refractivity contribution in [2.24, 2.45) is 5.73 Å². The summed E-state index contributed by atoms with van der Waals surface area (Å²) in [4.78, 5) is 0. The van der Waals surface area contributed by atoms with Crippen molar-refractivity contribution in [1.29, 1.82) is 0 Å². The molecule has 0 spiro atoms. The summed E-state index contributed by atoms with van der Waals surface area (Å²) in [6, 6.07) is 7.57. The van der Waals surface area contributed by atoms with Crippen molar-refractivity contribution in [3.05, 3.63) is 34.9 Å². The maximum Gasteiger partial charge on any atom is 0.102 e. The molecule has 0 saturated heterocycles. The second-order valence-corrected chi connectivity index (χ2v) is 3.10. The molecule has 0 aliphatic carbocycles. The monoisotopic (exact) mass is 185 g/mol. The predicted octanol–water partition coefficient (Wildman–Crippen LogP) is 1.55. The average molecular weight is 186 g/mol. The Hall–Kier alpha value is -0.570. The second kappa shape index (κ2) is 4.45. The zero-order valence-electron chi connectivity index (χ0n) is 6.70. The molecule has 1 aromatic rings. The molecule has 0 heterocycles. The van der Waals surface area contributed by atoms with Crippen LogP contribution in [0.4, 0.5) is 0 Å². The molecule has 3 heteroatoms. The van der Waals surface area contributed by atoms with Gasteiger partial charge in [-0.1, -0.05) is 29.8 Å². The van der Waals surface area contributed by atoms with E-state index in [0.717, 1.165) is 17.0 Å². The third-order valence-corrected chi connectivity index (χ3v) is 2.04. The van der Waals surface area contributed by atoms with Crippen molar-refractivity contribution >= 4 is 11.6 Å². The van der Waals surface area contributed by atoms with E-state index in [9.17, 15) is 0 Å². The highest BCUT2D eigenvalue weighted by molar-refractivity contribution is 6.31. The van der Waals surface area contributed by atoms with Crippen LogP contribution in [0, 0.1) is 0 Å². The minimum Gasteiger partial charge on any atom is -0.379 e. The van der Waals surface area contributed by atoms with E-state index >= 15 is 0 Å². The largest absolute Gasteiger partial charge is 0.379 e. The van der Waals surface area contributed by atoms with E-state index in [0.29, 0.717) is 6.42 Å². The van der Waals surface area contributed by atoms with Crippen LogP contribution in [-0.4, -0.2) is 11.3 Å². The molecule has 0 saturated carbocycles. The lowest BCUT2D eigenvalue weighted by molar-refractivity contribution is 0.172. The van der Waals surface area contributed by atoms with Crippen molar-refractivity contribution < 1.29 is 5.11 Å². The van der Waals surface area contributed by atoms with E-state index in [1.807, 2.05) is 24.3 Å². The zero-order chi connectivity index (χ0) is 8.97. The molecule has 0 amide bonds. The number of benzene rings is 1. The van der Waals surface area contributed by atoms with E-state index in [1.165, 1.54) is 0 Å². The number of aryl methyl sites for hydroxylation is 1. The van der Waals surface area contributed by atoms with Gasteiger partial charge in [-0.3, -0.25) is 0 Å². The molecule has 0 aromatic heterocycles. The maximum atomic E-state index is 8.84. The molecular weight excluding hydrogens is 174 g/mol. The summed E-state index contributed by atoms with van der Waals surface area (Å²) in [7, 11) is 0. The fourth-order valence-corrected chi connectivity index (χ4v) is 1.23. The minimum absolute atomic E-state index is 0.545. The van der Waals surface area contributed by atoms with Gasteiger partial charge in [0.05, 0.1) is 0 Å². The predicted molar refractivity (Wildman–Crippen MR) is 50.0 cm³/mol. The third-order valence-electron chi connectivity index (χ3n) is 1.67. The molecule has 3 N–H and O–H groups in total. The van der Waals surface area contributed by atoms with Crippen LogP contribution in [0.5, 0.6) is 0 Å². The smallest absolute Gasteiger partial charge is 0.102 e. The summed E-state index contributed by atoms with van der Waals surface area (Å²) < 4.78 is 0. The molecule has 0 radical (unpaired) electrons. The van der Waals surface area contributed by atoms with Gasteiger partial charge in [-0.25, -0.2) is 0 Å². The Labute approximate surface area is 77.0 Å². The first-order valence-electron chi connectivity index (χ1n) is 3.87. The van der Waals surface area contributed by atoms with Gasteiger partial charge in [0.1, 0.15) is 6.23 Å². The fourth-order valence-electron chi connectivity index (χ4n) is 1.00. The van der Waals surface area contributed by atoms with Crippen molar-refractivity contribution in [3.8, 4) is 0 Å². The normalized spacial score (nSPS) is 12.9. The molecule has 1 unspecified atom stereocenters. The SMILES string of the molecule is NC(O)CCc1ccccc1Cl. The van der Waals surface area contributed by atoms with E-state index < -0.39 is 6.23 Å². The standard InChI is InChI=1S/C9H12ClNO/c10-8-4-2-1-3-7(8)5-6-9(11)12/h1-4,9,12H,5-6,11H2. The molecule has 0 fully saturated rings. The molecule has 0 aliphatic heterocycles. The molecule has 0 aliphatic rings. The van der Waals surface area contributed by atoms with Gasteiger partial charge < -0.3 is 10.8 Å². The van der Waals surface area contributed by atoms with Crippen LogP contribution in [0.25, 0.3) is 0 Å². The number of hydrogen-bond donors (Lipinski definition) is 2. The van der Waals surface area contributed by atoms with Crippen LogP contribution in [0.1, 0.15) is 12.0 Å². The summed E-state index contributed by atoms with van der Waals surface area (Å²) in [5.74, 6) is 0. The molecule has 0 bridgehead atoms. The van der Waals surface area contributed by atoms with Crippen LogP contribution in [0.3, 0.4) is 0 Å². The Balaban J connectivity index is 2.57. The van der Waals surface area contributed by atoms with Crippen LogP contribution in [0.2, 0.25) is 5.02 Å². The van der Waals surface area contributed by atoms with Gasteiger partial charge in [0, 0.05) is 5.02 Å². The van der Waals surface area contributed by atoms with Crippen molar-refractivity contribution in [2.45, 2.75) is 19.1 Å². The lowest BCUT2D eigenvalue weighted by Crippen LogP contribution is -2.19. The number of aliphatic hydroxyl groups excluding tert-OH is 1. The minimum atomic E-state index is -0.749. The summed E-state index contributed by atoms with van der Waals surface area (Å²) in [6.45, 7) is 0. The topological polar surface area (TPSA) is 46.2 Å². The van der Waals surface area contributed by atoms with E-state index in [1.54, 1.807) is 0 Å². The number of rotatable bonds is 3. The Bertz CT molecular complexity index is 250. The molecule has 2 nitrogen and oxygen atoms in total. The van der Waals surface area contributed by atoms with Gasteiger partial charge in [-0.15, -0.1) is 0 Å². The van der Waals surface area contributed by atoms with Crippen molar-refractivity contribution in [1.82, 2.24) is 0 Å². The lowest BCUT2D eigenvalue weighted by atomic mass is 10.1. The molecule has 1 rings (SSSR count). The Kier molecular flexibility index (Phi) is 3.53. The molecule has 12 heavy (non-hydrogen) atoms. The summed E-state index contributed by atoms with van der Waals surface area (Å²) in [6.07, 6.45) is 0.516. The van der Waals surface area contributed by atoms with Gasteiger partial charge in [0.25, 0.3) is 0 Å². The van der Waals surface area contributed by atoms with Crippen LogP contribution in [-0.2, 0) is 6.42 Å². The Morgan fingerprint density at radius 1 is 1.42 bits per heavy atom. The zero-order valence-corrected chi connectivity index (χ0v) is 7.46. The maximum absolute atomic E-state index is 8.84. The third kappa shape index (κ3) is 2.81. The van der Waals surface area contributed by atoms with Crippen molar-refractivity contribution in [3.63, 3.8) is 0 Å². The average Bonchev–Trinajstić information content (AvgIpc) is 2.03. The van der Waals surface area contributed by atoms with Gasteiger partial charge in [-0.2, -0.15) is 0 Å². The number of halogens is 1.